The van der Waals surface area contributed by atoms with Crippen LogP contribution in [-0.2, 0) is 17.6 Å². The van der Waals surface area contributed by atoms with Crippen molar-refractivity contribution in [3.8, 4) is 0 Å². The number of rotatable bonds is 2. The summed E-state index contributed by atoms with van der Waals surface area (Å²) < 4.78 is 2.02. The first-order chi connectivity index (χ1) is 7.13. The van der Waals surface area contributed by atoms with Gasteiger partial charge in [-0.1, -0.05) is 13.8 Å². The molecule has 3 unspecified atom stereocenters. The predicted octanol–water partition coefficient (Wildman–Crippen LogP) is 2.01. The van der Waals surface area contributed by atoms with Gasteiger partial charge < -0.3 is 9.36 Å². The van der Waals surface area contributed by atoms with E-state index in [1.165, 1.54) is 11.4 Å². The SMILES string of the molecule is CC1Cc2ncn(C(C)C=O)c2CC1C. The van der Waals surface area contributed by atoms with Crippen LogP contribution in [-0.4, -0.2) is 15.8 Å². The summed E-state index contributed by atoms with van der Waals surface area (Å²) in [5, 5.41) is 0. The molecule has 82 valence electrons. The monoisotopic (exact) mass is 206 g/mol. The zero-order chi connectivity index (χ0) is 11.0. The smallest absolute Gasteiger partial charge is 0.142 e. The van der Waals surface area contributed by atoms with Gasteiger partial charge in [0.15, 0.2) is 0 Å². The van der Waals surface area contributed by atoms with Gasteiger partial charge >= 0.3 is 0 Å². The molecule has 0 saturated heterocycles. The first-order valence-corrected chi connectivity index (χ1v) is 5.63. The van der Waals surface area contributed by atoms with Crippen LogP contribution in [0.25, 0.3) is 0 Å². The summed E-state index contributed by atoms with van der Waals surface area (Å²) in [5.74, 6) is 1.39. The van der Waals surface area contributed by atoms with E-state index in [-0.39, 0.29) is 6.04 Å². The summed E-state index contributed by atoms with van der Waals surface area (Å²) in [6.07, 6.45) is 4.89. The number of aromatic nitrogens is 2. The highest BCUT2D eigenvalue weighted by molar-refractivity contribution is 5.55. The average Bonchev–Trinajstić information content (AvgIpc) is 2.61. The summed E-state index contributed by atoms with van der Waals surface area (Å²) in [4.78, 5) is 15.2. The third kappa shape index (κ3) is 1.71. The molecule has 0 radical (unpaired) electrons. The van der Waals surface area contributed by atoms with Crippen molar-refractivity contribution in [3.05, 3.63) is 17.7 Å². The molecule has 0 aromatic carbocycles. The van der Waals surface area contributed by atoms with Crippen LogP contribution < -0.4 is 0 Å². The molecule has 0 saturated carbocycles. The minimum Gasteiger partial charge on any atom is -0.324 e. The number of nitrogens with zero attached hydrogens (tertiary/aromatic N) is 2. The van der Waals surface area contributed by atoms with Crippen LogP contribution in [0.4, 0.5) is 0 Å². The largest absolute Gasteiger partial charge is 0.324 e. The Bertz CT molecular complexity index is 370. The summed E-state index contributed by atoms with van der Waals surface area (Å²) >= 11 is 0. The maximum Gasteiger partial charge on any atom is 0.142 e. The van der Waals surface area contributed by atoms with E-state index < -0.39 is 0 Å². The molecular weight excluding hydrogens is 188 g/mol. The zero-order valence-corrected chi connectivity index (χ0v) is 9.60. The molecule has 1 aliphatic rings. The number of hydrogen-bond acceptors (Lipinski definition) is 2. The Labute approximate surface area is 90.5 Å². The van der Waals surface area contributed by atoms with Gasteiger partial charge in [0.25, 0.3) is 0 Å². The molecule has 3 atom stereocenters. The number of fused-ring (bicyclic) bond motifs is 1. The highest BCUT2D eigenvalue weighted by Crippen LogP contribution is 2.30. The van der Waals surface area contributed by atoms with Crippen molar-refractivity contribution >= 4 is 6.29 Å². The number of carbonyl (C=O) groups excluding carboxylic acids is 1. The molecule has 15 heavy (non-hydrogen) atoms. The van der Waals surface area contributed by atoms with E-state index >= 15 is 0 Å². The van der Waals surface area contributed by atoms with Crippen molar-refractivity contribution in [1.29, 1.82) is 0 Å². The average molecular weight is 206 g/mol. The maximum absolute atomic E-state index is 10.8. The lowest BCUT2D eigenvalue weighted by Gasteiger charge is -2.26. The van der Waals surface area contributed by atoms with Gasteiger partial charge in [-0.05, 0) is 31.6 Å². The topological polar surface area (TPSA) is 34.9 Å². The minimum atomic E-state index is -0.0816. The molecule has 3 heteroatoms. The predicted molar refractivity (Wildman–Crippen MR) is 58.7 cm³/mol. The third-order valence-corrected chi connectivity index (χ3v) is 3.62. The van der Waals surface area contributed by atoms with Crippen LogP contribution in [0.2, 0.25) is 0 Å². The van der Waals surface area contributed by atoms with E-state index in [0.29, 0.717) is 11.8 Å². The van der Waals surface area contributed by atoms with Crippen molar-refractivity contribution in [2.45, 2.75) is 39.7 Å². The Morgan fingerprint density at radius 2 is 2.13 bits per heavy atom. The van der Waals surface area contributed by atoms with Crippen LogP contribution in [0.5, 0.6) is 0 Å². The number of imidazole rings is 1. The quantitative estimate of drug-likeness (QED) is 0.694. The van der Waals surface area contributed by atoms with Crippen LogP contribution in [0.15, 0.2) is 6.33 Å². The minimum absolute atomic E-state index is 0.0816. The van der Waals surface area contributed by atoms with Gasteiger partial charge in [-0.2, -0.15) is 0 Å². The van der Waals surface area contributed by atoms with Gasteiger partial charge in [0.2, 0.25) is 0 Å². The summed E-state index contributed by atoms with van der Waals surface area (Å²) in [5.41, 5.74) is 2.45. The molecule has 1 aromatic rings. The molecule has 0 bridgehead atoms. The van der Waals surface area contributed by atoms with Crippen molar-refractivity contribution in [3.63, 3.8) is 0 Å². The molecule has 0 aliphatic heterocycles. The normalized spacial score (nSPS) is 27.1. The van der Waals surface area contributed by atoms with Gasteiger partial charge in [-0.25, -0.2) is 4.98 Å². The van der Waals surface area contributed by atoms with Crippen molar-refractivity contribution in [1.82, 2.24) is 9.55 Å². The summed E-state index contributed by atoms with van der Waals surface area (Å²) in [6.45, 7) is 6.46. The molecule has 1 aliphatic carbocycles. The van der Waals surface area contributed by atoms with Gasteiger partial charge in [0.1, 0.15) is 6.29 Å². The van der Waals surface area contributed by atoms with Crippen LogP contribution >= 0.6 is 0 Å². The van der Waals surface area contributed by atoms with Gasteiger partial charge in [0.05, 0.1) is 18.1 Å². The first-order valence-electron chi connectivity index (χ1n) is 5.63. The second-order valence-electron chi connectivity index (χ2n) is 4.78. The Hall–Kier alpha value is -1.12. The lowest BCUT2D eigenvalue weighted by Crippen LogP contribution is -2.23. The number of hydrogen-bond donors (Lipinski definition) is 0. The summed E-state index contributed by atoms with van der Waals surface area (Å²) in [7, 11) is 0. The molecule has 1 heterocycles. The molecule has 3 nitrogen and oxygen atoms in total. The van der Waals surface area contributed by atoms with E-state index in [1.54, 1.807) is 0 Å². The van der Waals surface area contributed by atoms with E-state index in [2.05, 4.69) is 18.8 Å². The maximum atomic E-state index is 10.8. The molecule has 0 amide bonds. The fourth-order valence-corrected chi connectivity index (χ4v) is 2.25. The standard InChI is InChI=1S/C12H18N2O/c1-8-4-11-12(5-9(8)2)14(7-13-11)10(3)6-15/h6-10H,4-5H2,1-3H3. The Morgan fingerprint density at radius 3 is 2.80 bits per heavy atom. The van der Waals surface area contributed by atoms with E-state index in [0.717, 1.165) is 19.1 Å². The Balaban J connectivity index is 2.35. The second kappa shape index (κ2) is 3.80. The lowest BCUT2D eigenvalue weighted by molar-refractivity contribution is -0.110. The van der Waals surface area contributed by atoms with Gasteiger partial charge in [0, 0.05) is 5.69 Å². The molecule has 0 spiro atoms. The van der Waals surface area contributed by atoms with E-state index in [1.807, 2.05) is 17.8 Å². The number of aldehydes is 1. The van der Waals surface area contributed by atoms with Crippen molar-refractivity contribution < 1.29 is 4.79 Å². The lowest BCUT2D eigenvalue weighted by atomic mass is 9.82. The third-order valence-electron chi connectivity index (χ3n) is 3.62. The van der Waals surface area contributed by atoms with Crippen LogP contribution in [0, 0.1) is 11.8 Å². The van der Waals surface area contributed by atoms with Crippen LogP contribution in [0.1, 0.15) is 38.2 Å². The molecule has 2 rings (SSSR count). The van der Waals surface area contributed by atoms with Gasteiger partial charge in [-0.3, -0.25) is 0 Å². The molecule has 0 N–H and O–H groups in total. The van der Waals surface area contributed by atoms with Gasteiger partial charge in [-0.15, -0.1) is 0 Å². The van der Waals surface area contributed by atoms with Crippen LogP contribution in [0.3, 0.4) is 0 Å². The van der Waals surface area contributed by atoms with Crippen molar-refractivity contribution in [2.24, 2.45) is 11.8 Å². The van der Waals surface area contributed by atoms with E-state index in [4.69, 9.17) is 0 Å². The Kier molecular flexibility index (Phi) is 2.63. The molecule has 0 fully saturated rings. The highest BCUT2D eigenvalue weighted by atomic mass is 16.1. The second-order valence-corrected chi connectivity index (χ2v) is 4.78. The number of carbonyl (C=O) groups is 1. The van der Waals surface area contributed by atoms with Crippen molar-refractivity contribution in [2.75, 3.05) is 0 Å². The molecular formula is C12H18N2O. The fourth-order valence-electron chi connectivity index (χ4n) is 2.25. The fraction of sp³-hybridized carbons (Fsp3) is 0.667. The molecule has 1 aromatic heterocycles. The highest BCUT2D eigenvalue weighted by Gasteiger charge is 2.26. The first kappa shape index (κ1) is 10.4. The summed E-state index contributed by atoms with van der Waals surface area (Å²) in [6, 6.07) is -0.0816. The Morgan fingerprint density at radius 1 is 1.47 bits per heavy atom. The zero-order valence-electron chi connectivity index (χ0n) is 9.60. The van der Waals surface area contributed by atoms with E-state index in [9.17, 15) is 4.79 Å².